The number of nitrogens with zero attached hydrogens (tertiary/aromatic N) is 1. The molecule has 1 heterocycles. The van der Waals surface area contributed by atoms with Crippen LogP contribution in [0.1, 0.15) is 0 Å². The number of benzene rings is 1. The highest BCUT2D eigenvalue weighted by atomic mass is 127. The molecule has 0 radical (unpaired) electrons. The maximum absolute atomic E-state index is 6.09. The van der Waals surface area contributed by atoms with Crippen molar-refractivity contribution in [3.05, 3.63) is 50.1 Å². The van der Waals surface area contributed by atoms with Crippen molar-refractivity contribution in [1.82, 2.24) is 4.98 Å². The molecule has 15 heavy (non-hydrogen) atoms. The van der Waals surface area contributed by atoms with Crippen LogP contribution in [-0.2, 0) is 0 Å². The Kier molecular flexibility index (Phi) is 3.49. The van der Waals surface area contributed by atoms with Crippen LogP contribution < -0.4 is 0 Å². The van der Waals surface area contributed by atoms with Gasteiger partial charge < -0.3 is 0 Å². The number of aromatic nitrogens is 1. The Bertz CT molecular complexity index is 482. The van der Waals surface area contributed by atoms with Crippen molar-refractivity contribution in [2.45, 2.75) is 0 Å². The van der Waals surface area contributed by atoms with Crippen LogP contribution in [0.2, 0.25) is 10.0 Å². The first-order valence-corrected chi connectivity index (χ1v) is 6.08. The minimum atomic E-state index is 0.549. The van der Waals surface area contributed by atoms with Crippen LogP contribution in [0.4, 0.5) is 0 Å². The van der Waals surface area contributed by atoms with E-state index in [1.54, 1.807) is 12.3 Å². The number of halogens is 3. The zero-order valence-electron chi connectivity index (χ0n) is 7.55. The van der Waals surface area contributed by atoms with E-state index in [2.05, 4.69) is 27.6 Å². The Hall–Kier alpha value is -0.320. The molecule has 76 valence electrons. The normalized spacial score (nSPS) is 10.3. The van der Waals surface area contributed by atoms with E-state index in [1.165, 1.54) is 0 Å². The van der Waals surface area contributed by atoms with Crippen molar-refractivity contribution >= 4 is 45.8 Å². The summed E-state index contributed by atoms with van der Waals surface area (Å²) in [5.41, 5.74) is 1.70. The molecular formula is C11H6Cl2IN. The number of pyridine rings is 1. The van der Waals surface area contributed by atoms with Gasteiger partial charge in [0.15, 0.2) is 0 Å². The third kappa shape index (κ3) is 2.44. The fourth-order valence-corrected chi connectivity index (χ4v) is 1.95. The monoisotopic (exact) mass is 349 g/mol. The van der Waals surface area contributed by atoms with E-state index >= 15 is 0 Å². The molecule has 0 N–H and O–H groups in total. The molecule has 0 unspecified atom stereocenters. The second-order valence-corrected chi connectivity index (χ2v) is 4.99. The molecule has 1 aromatic heterocycles. The Morgan fingerprint density at radius 1 is 1.07 bits per heavy atom. The maximum atomic E-state index is 6.09. The van der Waals surface area contributed by atoms with Crippen molar-refractivity contribution in [2.24, 2.45) is 0 Å². The predicted octanol–water partition coefficient (Wildman–Crippen LogP) is 4.66. The van der Waals surface area contributed by atoms with Crippen molar-refractivity contribution < 1.29 is 0 Å². The van der Waals surface area contributed by atoms with Crippen LogP contribution in [0.3, 0.4) is 0 Å². The van der Waals surface area contributed by atoms with Crippen LogP contribution in [0.5, 0.6) is 0 Å². The summed E-state index contributed by atoms with van der Waals surface area (Å²) in [5, 5.41) is 1.10. The van der Waals surface area contributed by atoms with Crippen molar-refractivity contribution in [1.29, 1.82) is 0 Å². The summed E-state index contributed by atoms with van der Waals surface area (Å²) in [6.07, 6.45) is 1.80. The van der Waals surface area contributed by atoms with Crippen molar-refractivity contribution in [3.63, 3.8) is 0 Å². The highest BCUT2D eigenvalue weighted by Crippen LogP contribution is 2.32. The highest BCUT2D eigenvalue weighted by Gasteiger charge is 2.07. The van der Waals surface area contributed by atoms with Gasteiger partial charge in [-0.05, 0) is 40.8 Å². The fourth-order valence-electron chi connectivity index (χ4n) is 1.24. The molecule has 0 amide bonds. The van der Waals surface area contributed by atoms with E-state index in [0.717, 1.165) is 14.8 Å². The summed E-state index contributed by atoms with van der Waals surface area (Å²) < 4.78 is 1.09. The molecule has 0 fully saturated rings. The quantitative estimate of drug-likeness (QED) is 0.682. The van der Waals surface area contributed by atoms with Crippen molar-refractivity contribution in [2.75, 3.05) is 0 Å². The second-order valence-electron chi connectivity index (χ2n) is 2.96. The lowest BCUT2D eigenvalue weighted by molar-refractivity contribution is 1.31. The average Bonchev–Trinajstić information content (AvgIpc) is 2.24. The van der Waals surface area contributed by atoms with Crippen molar-refractivity contribution in [3.8, 4) is 11.3 Å². The van der Waals surface area contributed by atoms with E-state index < -0.39 is 0 Å². The summed E-state index contributed by atoms with van der Waals surface area (Å²) in [6, 6.07) is 9.45. The molecule has 1 nitrogen and oxygen atoms in total. The van der Waals surface area contributed by atoms with Crippen LogP contribution in [0.15, 0.2) is 36.5 Å². The van der Waals surface area contributed by atoms with Gasteiger partial charge >= 0.3 is 0 Å². The van der Waals surface area contributed by atoms with E-state index in [1.807, 2.05) is 24.3 Å². The largest absolute Gasteiger partial charge is 0.255 e. The molecular weight excluding hydrogens is 344 g/mol. The molecule has 0 atom stereocenters. The van der Waals surface area contributed by atoms with Gasteiger partial charge in [0.25, 0.3) is 0 Å². The second kappa shape index (κ2) is 4.68. The Labute approximate surface area is 112 Å². The summed E-state index contributed by atoms with van der Waals surface area (Å²) in [6.45, 7) is 0. The van der Waals surface area contributed by atoms with Gasteiger partial charge in [0.1, 0.15) is 0 Å². The van der Waals surface area contributed by atoms with Gasteiger partial charge in [-0.15, -0.1) is 0 Å². The third-order valence-electron chi connectivity index (χ3n) is 1.95. The minimum Gasteiger partial charge on any atom is -0.255 e. The van der Waals surface area contributed by atoms with Crippen LogP contribution in [-0.4, -0.2) is 4.98 Å². The Balaban J connectivity index is 2.54. The minimum absolute atomic E-state index is 0.549. The molecule has 0 aliphatic carbocycles. The Morgan fingerprint density at radius 3 is 2.53 bits per heavy atom. The van der Waals surface area contributed by atoms with Gasteiger partial charge in [-0.2, -0.15) is 0 Å². The molecule has 0 bridgehead atoms. The summed E-state index contributed by atoms with van der Waals surface area (Å²) in [7, 11) is 0. The van der Waals surface area contributed by atoms with Gasteiger partial charge in [-0.3, -0.25) is 4.98 Å². The lowest BCUT2D eigenvalue weighted by Crippen LogP contribution is -1.85. The summed E-state index contributed by atoms with van der Waals surface area (Å²) in [5.74, 6) is 0. The Morgan fingerprint density at radius 2 is 1.87 bits per heavy atom. The van der Waals surface area contributed by atoms with Gasteiger partial charge in [0.05, 0.1) is 15.7 Å². The molecule has 0 aliphatic rings. The fraction of sp³-hybridized carbons (Fsp3) is 0. The van der Waals surface area contributed by atoms with Gasteiger partial charge in [0, 0.05) is 15.3 Å². The summed E-state index contributed by atoms with van der Waals surface area (Å²) >= 11 is 14.2. The predicted molar refractivity (Wildman–Crippen MR) is 72.4 cm³/mol. The lowest BCUT2D eigenvalue weighted by atomic mass is 10.1. The first-order chi connectivity index (χ1) is 7.18. The molecule has 0 aliphatic heterocycles. The van der Waals surface area contributed by atoms with Crippen LogP contribution >= 0.6 is 45.8 Å². The molecule has 0 saturated carbocycles. The standard InChI is InChI=1S/C11H6Cl2IN/c12-9-3-1-2-8(11(9)13)10-5-4-7(14)6-15-10/h1-6H. The zero-order chi connectivity index (χ0) is 10.8. The first-order valence-electron chi connectivity index (χ1n) is 4.24. The SMILES string of the molecule is Clc1cccc(-c2ccc(I)cn2)c1Cl. The number of rotatable bonds is 1. The first kappa shape index (κ1) is 11.2. The zero-order valence-corrected chi connectivity index (χ0v) is 11.2. The highest BCUT2D eigenvalue weighted by molar-refractivity contribution is 14.1. The summed E-state index contributed by atoms with van der Waals surface area (Å²) in [4.78, 5) is 4.30. The van der Waals surface area contributed by atoms with Crippen LogP contribution in [0.25, 0.3) is 11.3 Å². The molecule has 0 spiro atoms. The molecule has 1 aromatic carbocycles. The average molecular weight is 350 g/mol. The molecule has 4 heteroatoms. The smallest absolute Gasteiger partial charge is 0.0718 e. The number of hydrogen-bond donors (Lipinski definition) is 0. The molecule has 0 saturated heterocycles. The maximum Gasteiger partial charge on any atom is 0.0718 e. The van der Waals surface area contributed by atoms with E-state index in [4.69, 9.17) is 23.2 Å². The number of hydrogen-bond acceptors (Lipinski definition) is 1. The van der Waals surface area contributed by atoms with E-state index in [-0.39, 0.29) is 0 Å². The van der Waals surface area contributed by atoms with Gasteiger partial charge in [-0.1, -0.05) is 35.3 Å². The molecule has 2 rings (SSSR count). The van der Waals surface area contributed by atoms with Gasteiger partial charge in [0.2, 0.25) is 0 Å². The van der Waals surface area contributed by atoms with E-state index in [0.29, 0.717) is 10.0 Å². The van der Waals surface area contributed by atoms with Crippen LogP contribution in [0, 0.1) is 3.57 Å². The van der Waals surface area contributed by atoms with Gasteiger partial charge in [-0.25, -0.2) is 0 Å². The molecule has 2 aromatic rings. The topological polar surface area (TPSA) is 12.9 Å². The van der Waals surface area contributed by atoms with E-state index in [9.17, 15) is 0 Å². The third-order valence-corrected chi connectivity index (χ3v) is 3.41. The lowest BCUT2D eigenvalue weighted by Gasteiger charge is -2.04.